The van der Waals surface area contributed by atoms with Gasteiger partial charge in [-0.25, -0.2) is 0 Å². The van der Waals surface area contributed by atoms with E-state index in [1.165, 1.54) is 0 Å². The van der Waals surface area contributed by atoms with Gasteiger partial charge in [0.1, 0.15) is 17.6 Å². The van der Waals surface area contributed by atoms with Crippen molar-refractivity contribution in [3.63, 3.8) is 0 Å². The lowest BCUT2D eigenvalue weighted by molar-refractivity contribution is 0.0955. The van der Waals surface area contributed by atoms with E-state index in [9.17, 15) is 9.90 Å². The summed E-state index contributed by atoms with van der Waals surface area (Å²) in [6.45, 7) is 2.53. The Morgan fingerprint density at radius 3 is 2.90 bits per heavy atom. The van der Waals surface area contributed by atoms with Gasteiger partial charge < -0.3 is 14.8 Å². The number of aliphatic hydroxyl groups excluding tert-OH is 1. The number of aliphatic hydroxyl groups is 1. The van der Waals surface area contributed by atoms with Crippen molar-refractivity contribution in [2.45, 2.75) is 25.9 Å². The molecule has 2 N–H and O–H groups in total. The van der Waals surface area contributed by atoms with E-state index in [4.69, 9.17) is 4.42 Å². The van der Waals surface area contributed by atoms with Gasteiger partial charge in [0.05, 0.1) is 0 Å². The molecule has 0 fully saturated rings. The summed E-state index contributed by atoms with van der Waals surface area (Å²) in [6.07, 6.45) is 0.979. The fraction of sp³-hybridized carbons (Fsp3) is 0.312. The summed E-state index contributed by atoms with van der Waals surface area (Å²) in [5.74, 6) is 1.19. The molecule has 1 unspecified atom stereocenters. The number of amides is 1. The predicted octanol–water partition coefficient (Wildman–Crippen LogP) is 2.35. The SMILES string of the molecule is Cc1ccc(C(O)c2ccc3c(c2)C(=O)NCCC3)o1. The number of hydrogen-bond acceptors (Lipinski definition) is 3. The molecule has 0 saturated heterocycles. The standard InChI is InChI=1S/C16H17NO3/c1-10-4-7-14(20-10)15(18)12-6-5-11-3-2-8-17-16(19)13(11)9-12/h4-7,9,15,18H,2-3,8H2,1H3,(H,17,19). The van der Waals surface area contributed by atoms with E-state index in [0.29, 0.717) is 23.4 Å². The van der Waals surface area contributed by atoms with Gasteiger partial charge in [0.15, 0.2) is 0 Å². The van der Waals surface area contributed by atoms with Gasteiger partial charge in [0.2, 0.25) is 0 Å². The zero-order chi connectivity index (χ0) is 14.1. The maximum Gasteiger partial charge on any atom is 0.251 e. The van der Waals surface area contributed by atoms with Gasteiger partial charge in [-0.1, -0.05) is 12.1 Å². The Hall–Kier alpha value is -2.07. The quantitative estimate of drug-likeness (QED) is 0.881. The lowest BCUT2D eigenvalue weighted by atomic mass is 9.97. The van der Waals surface area contributed by atoms with Gasteiger partial charge in [-0.2, -0.15) is 0 Å². The third-order valence-corrected chi connectivity index (χ3v) is 3.63. The van der Waals surface area contributed by atoms with Crippen LogP contribution in [0.1, 0.15) is 45.5 Å². The number of carbonyl (C=O) groups is 1. The number of carbonyl (C=O) groups excluding carboxylic acids is 1. The molecule has 0 spiro atoms. The second kappa shape index (κ2) is 5.13. The number of benzene rings is 1. The van der Waals surface area contributed by atoms with Crippen LogP contribution in [0.4, 0.5) is 0 Å². The number of rotatable bonds is 2. The molecule has 0 aliphatic carbocycles. The lowest BCUT2D eigenvalue weighted by Gasteiger charge is -2.12. The Bertz CT molecular complexity index is 645. The van der Waals surface area contributed by atoms with Crippen LogP contribution in [0, 0.1) is 6.92 Å². The van der Waals surface area contributed by atoms with E-state index in [0.717, 1.165) is 24.2 Å². The molecule has 20 heavy (non-hydrogen) atoms. The summed E-state index contributed by atoms with van der Waals surface area (Å²) < 4.78 is 5.44. The van der Waals surface area contributed by atoms with Crippen molar-refractivity contribution < 1.29 is 14.3 Å². The first-order valence-corrected chi connectivity index (χ1v) is 6.80. The maximum atomic E-state index is 12.0. The minimum Gasteiger partial charge on any atom is -0.463 e. The molecular formula is C16H17NO3. The fourth-order valence-electron chi connectivity index (χ4n) is 2.53. The van der Waals surface area contributed by atoms with Crippen molar-refractivity contribution in [1.82, 2.24) is 5.32 Å². The lowest BCUT2D eigenvalue weighted by Crippen LogP contribution is -2.22. The number of furan rings is 1. The summed E-state index contributed by atoms with van der Waals surface area (Å²) in [6, 6.07) is 9.12. The van der Waals surface area contributed by atoms with Crippen molar-refractivity contribution in [3.05, 3.63) is 58.5 Å². The van der Waals surface area contributed by atoms with Crippen molar-refractivity contribution in [2.24, 2.45) is 0 Å². The topological polar surface area (TPSA) is 62.5 Å². The third-order valence-electron chi connectivity index (χ3n) is 3.63. The summed E-state index contributed by atoms with van der Waals surface area (Å²) in [5, 5.41) is 13.2. The number of aryl methyl sites for hydroxylation is 2. The van der Waals surface area contributed by atoms with E-state index in [1.54, 1.807) is 12.1 Å². The first kappa shape index (κ1) is 12.9. The highest BCUT2D eigenvalue weighted by atomic mass is 16.4. The molecule has 0 saturated carbocycles. The average molecular weight is 271 g/mol. The zero-order valence-electron chi connectivity index (χ0n) is 11.3. The molecule has 0 bridgehead atoms. The molecule has 1 aliphatic heterocycles. The number of hydrogen-bond donors (Lipinski definition) is 2. The van der Waals surface area contributed by atoms with E-state index in [1.807, 2.05) is 25.1 Å². The molecule has 1 atom stereocenters. The molecule has 1 aromatic heterocycles. The van der Waals surface area contributed by atoms with Gasteiger partial charge in [0, 0.05) is 12.1 Å². The van der Waals surface area contributed by atoms with Crippen LogP contribution in [0.5, 0.6) is 0 Å². The minimum absolute atomic E-state index is 0.0674. The first-order chi connectivity index (χ1) is 9.65. The van der Waals surface area contributed by atoms with Gasteiger partial charge in [-0.05, 0) is 49.1 Å². The Morgan fingerprint density at radius 2 is 2.15 bits per heavy atom. The Balaban J connectivity index is 1.97. The third kappa shape index (κ3) is 2.34. The van der Waals surface area contributed by atoms with Gasteiger partial charge in [-0.15, -0.1) is 0 Å². The Labute approximate surface area is 117 Å². The molecule has 4 heteroatoms. The van der Waals surface area contributed by atoms with Crippen LogP contribution in [0.15, 0.2) is 34.7 Å². The fourth-order valence-corrected chi connectivity index (χ4v) is 2.53. The van der Waals surface area contributed by atoms with E-state index >= 15 is 0 Å². The highest BCUT2D eigenvalue weighted by Gasteiger charge is 2.19. The second-order valence-electron chi connectivity index (χ2n) is 5.13. The highest BCUT2D eigenvalue weighted by Crippen LogP contribution is 2.26. The molecule has 2 aromatic rings. The smallest absolute Gasteiger partial charge is 0.251 e. The van der Waals surface area contributed by atoms with Gasteiger partial charge in [-0.3, -0.25) is 4.79 Å². The largest absolute Gasteiger partial charge is 0.463 e. The zero-order valence-corrected chi connectivity index (χ0v) is 11.3. The molecule has 3 rings (SSSR count). The molecule has 104 valence electrons. The predicted molar refractivity (Wildman–Crippen MR) is 74.6 cm³/mol. The van der Waals surface area contributed by atoms with Crippen LogP contribution in [-0.4, -0.2) is 17.6 Å². The van der Waals surface area contributed by atoms with Gasteiger partial charge in [0.25, 0.3) is 5.91 Å². The summed E-state index contributed by atoms with van der Waals surface area (Å²) in [4.78, 5) is 12.0. The van der Waals surface area contributed by atoms with Crippen molar-refractivity contribution in [1.29, 1.82) is 0 Å². The molecule has 1 amide bonds. The van der Waals surface area contributed by atoms with Crippen LogP contribution in [0.2, 0.25) is 0 Å². The number of fused-ring (bicyclic) bond motifs is 1. The Kier molecular flexibility index (Phi) is 3.32. The molecule has 1 aliphatic rings. The summed E-state index contributed by atoms with van der Waals surface area (Å²) in [7, 11) is 0. The minimum atomic E-state index is -0.843. The number of nitrogens with one attached hydrogen (secondary N) is 1. The highest BCUT2D eigenvalue weighted by molar-refractivity contribution is 5.96. The molecule has 0 radical (unpaired) electrons. The summed E-state index contributed by atoms with van der Waals surface area (Å²) >= 11 is 0. The summed E-state index contributed by atoms with van der Waals surface area (Å²) in [5.41, 5.74) is 2.36. The van der Waals surface area contributed by atoms with E-state index in [-0.39, 0.29) is 5.91 Å². The van der Waals surface area contributed by atoms with E-state index in [2.05, 4.69) is 5.32 Å². The second-order valence-corrected chi connectivity index (χ2v) is 5.13. The molecule has 2 heterocycles. The van der Waals surface area contributed by atoms with E-state index < -0.39 is 6.10 Å². The van der Waals surface area contributed by atoms with Gasteiger partial charge >= 0.3 is 0 Å². The maximum absolute atomic E-state index is 12.0. The Morgan fingerprint density at radius 1 is 1.30 bits per heavy atom. The average Bonchev–Trinajstić information content (AvgIpc) is 2.80. The van der Waals surface area contributed by atoms with Crippen LogP contribution >= 0.6 is 0 Å². The first-order valence-electron chi connectivity index (χ1n) is 6.80. The van der Waals surface area contributed by atoms with Crippen LogP contribution in [0.3, 0.4) is 0 Å². The van der Waals surface area contributed by atoms with Crippen molar-refractivity contribution in [3.8, 4) is 0 Å². The molecule has 1 aromatic carbocycles. The van der Waals surface area contributed by atoms with Crippen LogP contribution < -0.4 is 5.32 Å². The molecule has 4 nitrogen and oxygen atoms in total. The monoisotopic (exact) mass is 271 g/mol. The molecular weight excluding hydrogens is 254 g/mol. The van der Waals surface area contributed by atoms with Crippen molar-refractivity contribution >= 4 is 5.91 Å². The van der Waals surface area contributed by atoms with Crippen LogP contribution in [0.25, 0.3) is 0 Å². The van der Waals surface area contributed by atoms with Crippen molar-refractivity contribution in [2.75, 3.05) is 6.54 Å². The normalized spacial score (nSPS) is 16.2. The van der Waals surface area contributed by atoms with Crippen LogP contribution in [-0.2, 0) is 6.42 Å².